The number of nitrogens with one attached hydrogen (secondary N) is 2. The molecule has 8 unspecified atom stereocenters. The smallest absolute Gasteiger partial charge is 0.237 e. The average Bonchev–Trinajstić information content (AvgIpc) is 3.21. The van der Waals surface area contributed by atoms with Gasteiger partial charge in [-0.1, -0.05) is 13.8 Å². The van der Waals surface area contributed by atoms with Crippen molar-refractivity contribution in [3.8, 4) is 0 Å². The maximum absolute atomic E-state index is 13.1. The number of aliphatic hydroxyl groups excluding tert-OH is 3. The summed E-state index contributed by atoms with van der Waals surface area (Å²) in [6, 6.07) is -0.835. The van der Waals surface area contributed by atoms with Crippen LogP contribution in [0.2, 0.25) is 0 Å². The van der Waals surface area contributed by atoms with Gasteiger partial charge in [0.1, 0.15) is 29.9 Å². The molecule has 33 heavy (non-hydrogen) atoms. The van der Waals surface area contributed by atoms with Crippen LogP contribution in [0.25, 0.3) is 0 Å². The van der Waals surface area contributed by atoms with Gasteiger partial charge in [0.25, 0.3) is 0 Å². The number of thioether (sulfide) groups is 1. The number of likely N-dealkylation sites (tertiary alicyclic amines) is 1. The lowest BCUT2D eigenvalue weighted by Crippen LogP contribution is -2.65. The molecule has 8 atom stereocenters. The Labute approximate surface area is 201 Å². The van der Waals surface area contributed by atoms with Crippen molar-refractivity contribution in [3.63, 3.8) is 0 Å². The molecule has 0 saturated carbocycles. The van der Waals surface area contributed by atoms with Gasteiger partial charge in [-0.05, 0) is 56.7 Å². The van der Waals surface area contributed by atoms with Crippen LogP contribution in [-0.2, 0) is 14.3 Å². The lowest BCUT2D eigenvalue weighted by molar-refractivity contribution is -0.208. The summed E-state index contributed by atoms with van der Waals surface area (Å²) in [5.74, 6) is 0.499. The normalized spacial score (nSPS) is 36.3. The van der Waals surface area contributed by atoms with Crippen LogP contribution in [0, 0.1) is 11.8 Å². The summed E-state index contributed by atoms with van der Waals surface area (Å²) >= 11 is 1.26. The number of hydrogen-bond donors (Lipinski definition) is 5. The molecule has 0 aromatic carbocycles. The van der Waals surface area contributed by atoms with Crippen LogP contribution in [0.4, 0.5) is 0 Å². The molecule has 0 radical (unpaired) electrons. The lowest BCUT2D eigenvalue weighted by atomic mass is 9.86. The minimum Gasteiger partial charge on any atom is -0.388 e. The first-order chi connectivity index (χ1) is 15.7. The monoisotopic (exact) mass is 487 g/mol. The van der Waals surface area contributed by atoms with E-state index < -0.39 is 35.9 Å². The van der Waals surface area contributed by atoms with Gasteiger partial charge in [0, 0.05) is 19.5 Å². The van der Waals surface area contributed by atoms with Crippen molar-refractivity contribution in [3.05, 3.63) is 0 Å². The van der Waals surface area contributed by atoms with Crippen LogP contribution in [-0.4, -0.2) is 99.9 Å². The van der Waals surface area contributed by atoms with E-state index in [0.29, 0.717) is 12.3 Å². The molecule has 2 amide bonds. The maximum Gasteiger partial charge on any atom is 0.237 e. The second kappa shape index (κ2) is 12.2. The van der Waals surface area contributed by atoms with Gasteiger partial charge in [-0.15, -0.1) is 11.8 Å². The van der Waals surface area contributed by atoms with Gasteiger partial charge >= 0.3 is 0 Å². The van der Waals surface area contributed by atoms with E-state index in [4.69, 9.17) is 4.74 Å². The first-order valence-electron chi connectivity index (χ1n) is 12.3. The summed E-state index contributed by atoms with van der Waals surface area (Å²) in [6.45, 7) is 6.30. The van der Waals surface area contributed by atoms with Crippen LogP contribution in [0.15, 0.2) is 0 Å². The lowest BCUT2D eigenvalue weighted by Gasteiger charge is -2.44. The molecule has 10 heteroatoms. The number of nitrogens with zero attached hydrogens (tertiary/aromatic N) is 1. The number of hydrogen-bond acceptors (Lipinski definition) is 8. The highest BCUT2D eigenvalue weighted by molar-refractivity contribution is 7.99. The third kappa shape index (κ3) is 6.61. The first-order valence-corrected chi connectivity index (χ1v) is 13.6. The Morgan fingerprint density at radius 1 is 1.27 bits per heavy atom. The number of ether oxygens (including phenoxy) is 1. The van der Waals surface area contributed by atoms with Gasteiger partial charge in [-0.3, -0.25) is 9.59 Å². The number of carbonyl (C=O) groups excluding carboxylic acids is 2. The quantitative estimate of drug-likeness (QED) is 0.309. The Morgan fingerprint density at radius 3 is 2.67 bits per heavy atom. The van der Waals surface area contributed by atoms with E-state index >= 15 is 0 Å². The Bertz CT molecular complexity index is 666. The van der Waals surface area contributed by atoms with Gasteiger partial charge in [0.15, 0.2) is 0 Å². The Morgan fingerprint density at radius 2 is 2.03 bits per heavy atom. The van der Waals surface area contributed by atoms with Gasteiger partial charge in [0.05, 0.1) is 12.1 Å². The molecule has 3 saturated heterocycles. The molecule has 0 bridgehead atoms. The van der Waals surface area contributed by atoms with Crippen LogP contribution < -0.4 is 10.6 Å². The molecule has 3 heterocycles. The molecule has 3 fully saturated rings. The molecule has 0 aliphatic carbocycles. The zero-order valence-electron chi connectivity index (χ0n) is 20.0. The van der Waals surface area contributed by atoms with Crippen molar-refractivity contribution < 1.29 is 29.6 Å². The zero-order valence-corrected chi connectivity index (χ0v) is 20.8. The predicted octanol–water partition coefficient (Wildman–Crippen LogP) is 0.0686. The van der Waals surface area contributed by atoms with E-state index in [2.05, 4.69) is 10.6 Å². The Kier molecular flexibility index (Phi) is 9.84. The molecule has 190 valence electrons. The number of rotatable bonds is 9. The Balaban J connectivity index is 1.54. The average molecular weight is 488 g/mol. The second-order valence-corrected chi connectivity index (χ2v) is 10.9. The summed E-state index contributed by atoms with van der Waals surface area (Å²) in [6.07, 6.45) is 2.44. The molecule has 3 rings (SSSR count). The fourth-order valence-electron chi connectivity index (χ4n) is 5.23. The SMILES string of the molecule is CSC1OC(C(NC(=O)C2CC(CCCN3CCCC3=O)CCN2)C(C)C)C(O)C(O)C1O. The molecule has 3 aliphatic rings. The summed E-state index contributed by atoms with van der Waals surface area (Å²) in [5, 5.41) is 37.4. The third-order valence-electron chi connectivity index (χ3n) is 7.26. The van der Waals surface area contributed by atoms with Gasteiger partial charge in [0.2, 0.25) is 11.8 Å². The number of carbonyl (C=O) groups is 2. The maximum atomic E-state index is 13.1. The van der Waals surface area contributed by atoms with E-state index in [0.717, 1.165) is 51.7 Å². The van der Waals surface area contributed by atoms with Crippen LogP contribution >= 0.6 is 11.8 Å². The highest BCUT2D eigenvalue weighted by Crippen LogP contribution is 2.31. The van der Waals surface area contributed by atoms with Crippen molar-refractivity contribution in [1.29, 1.82) is 0 Å². The number of aliphatic hydroxyl groups is 3. The molecule has 0 aromatic rings. The van der Waals surface area contributed by atoms with Crippen molar-refractivity contribution in [2.45, 2.75) is 94.3 Å². The van der Waals surface area contributed by atoms with Gasteiger partial charge in [-0.25, -0.2) is 0 Å². The van der Waals surface area contributed by atoms with E-state index in [9.17, 15) is 24.9 Å². The van der Waals surface area contributed by atoms with Gasteiger partial charge < -0.3 is 35.6 Å². The summed E-state index contributed by atoms with van der Waals surface area (Å²) in [5.41, 5.74) is -0.675. The standard InChI is InChI=1S/C23H41N3O6S/c1-13(2)17(21-19(29)18(28)20(30)23(32-21)33-3)25-22(31)15-12-14(8-9-24-15)6-4-10-26-11-5-7-16(26)27/h13-15,17-21,23-24,28-30H,4-12H2,1-3H3,(H,25,31). The number of piperidine rings is 1. The molecular weight excluding hydrogens is 446 g/mol. The first kappa shape index (κ1) is 26.7. The largest absolute Gasteiger partial charge is 0.388 e. The molecular formula is C23H41N3O6S. The molecule has 9 nitrogen and oxygen atoms in total. The highest BCUT2D eigenvalue weighted by atomic mass is 32.2. The molecule has 5 N–H and O–H groups in total. The summed E-state index contributed by atoms with van der Waals surface area (Å²) in [7, 11) is 0. The van der Waals surface area contributed by atoms with Crippen LogP contribution in [0.1, 0.15) is 52.4 Å². The van der Waals surface area contributed by atoms with Gasteiger partial charge in [-0.2, -0.15) is 0 Å². The molecule has 0 spiro atoms. The van der Waals surface area contributed by atoms with Crippen molar-refractivity contribution in [2.24, 2.45) is 11.8 Å². The molecule has 3 aliphatic heterocycles. The number of amides is 2. The van der Waals surface area contributed by atoms with E-state index in [1.54, 1.807) is 6.26 Å². The van der Waals surface area contributed by atoms with Crippen molar-refractivity contribution >= 4 is 23.6 Å². The fourth-order valence-corrected chi connectivity index (χ4v) is 5.91. The second-order valence-electron chi connectivity index (χ2n) is 9.98. The van der Waals surface area contributed by atoms with E-state index in [1.165, 1.54) is 11.8 Å². The zero-order chi connectivity index (χ0) is 24.1. The van der Waals surface area contributed by atoms with Crippen molar-refractivity contribution in [2.75, 3.05) is 25.9 Å². The summed E-state index contributed by atoms with van der Waals surface area (Å²) in [4.78, 5) is 26.9. The predicted molar refractivity (Wildman–Crippen MR) is 127 cm³/mol. The minimum absolute atomic E-state index is 0.0454. The highest BCUT2D eigenvalue weighted by Gasteiger charge is 2.47. The third-order valence-corrected chi connectivity index (χ3v) is 8.12. The van der Waals surface area contributed by atoms with Crippen LogP contribution in [0.5, 0.6) is 0 Å². The van der Waals surface area contributed by atoms with E-state index in [-0.39, 0.29) is 23.8 Å². The van der Waals surface area contributed by atoms with E-state index in [1.807, 2.05) is 18.7 Å². The topological polar surface area (TPSA) is 131 Å². The van der Waals surface area contributed by atoms with Crippen LogP contribution in [0.3, 0.4) is 0 Å². The minimum atomic E-state index is -1.33. The fraction of sp³-hybridized carbons (Fsp3) is 0.913. The summed E-state index contributed by atoms with van der Waals surface area (Å²) < 4.78 is 5.91. The van der Waals surface area contributed by atoms with Crippen molar-refractivity contribution in [1.82, 2.24) is 15.5 Å². The molecule has 0 aromatic heterocycles. The Hall–Kier alpha value is -0.910.